The molecule has 0 aliphatic carbocycles. The Kier molecular flexibility index (Phi) is 8.83. The van der Waals surface area contributed by atoms with Gasteiger partial charge in [-0.05, 0) is 37.0 Å². The minimum absolute atomic E-state index is 0.000446. The van der Waals surface area contributed by atoms with Gasteiger partial charge in [-0.3, -0.25) is 10.1 Å². The summed E-state index contributed by atoms with van der Waals surface area (Å²) in [5.74, 6) is 0.0243. The molecular formula is C21H29FN2O5S. The van der Waals surface area contributed by atoms with Crippen LogP contribution in [0.15, 0.2) is 36.4 Å². The highest BCUT2D eigenvalue weighted by atomic mass is 32.2. The number of alkyl halides is 1. The maximum Gasteiger partial charge on any atom is 0.324 e. The van der Waals surface area contributed by atoms with Gasteiger partial charge in [-0.1, -0.05) is 31.2 Å². The first-order valence-corrected chi connectivity index (χ1v) is 11.8. The summed E-state index contributed by atoms with van der Waals surface area (Å²) in [5.41, 5.74) is 0.823. The molecule has 0 aromatic heterocycles. The summed E-state index contributed by atoms with van der Waals surface area (Å²) in [4.78, 5) is 24.2. The lowest BCUT2D eigenvalue weighted by molar-refractivity contribution is -0.121. The molecule has 0 spiro atoms. The number of carbonyl (C=O) groups excluding carboxylic acids is 2. The molecule has 1 unspecified atom stereocenters. The van der Waals surface area contributed by atoms with Crippen LogP contribution < -0.4 is 10.1 Å². The number of sulfone groups is 1. The molecule has 1 aliphatic heterocycles. The van der Waals surface area contributed by atoms with E-state index in [0.717, 1.165) is 5.56 Å². The molecule has 9 heteroatoms. The number of carbonyl (C=O) groups is 2. The quantitative estimate of drug-likeness (QED) is 0.534. The van der Waals surface area contributed by atoms with Crippen molar-refractivity contribution in [3.8, 4) is 5.75 Å². The minimum Gasteiger partial charge on any atom is -0.491 e. The fraction of sp³-hybridized carbons (Fsp3) is 0.524. The lowest BCUT2D eigenvalue weighted by Crippen LogP contribution is -2.49. The zero-order valence-electron chi connectivity index (χ0n) is 17.3. The second-order valence-corrected chi connectivity index (χ2v) is 9.72. The van der Waals surface area contributed by atoms with Crippen LogP contribution in [0.2, 0.25) is 0 Å². The summed E-state index contributed by atoms with van der Waals surface area (Å²) in [6.07, 6.45) is 3.01. The molecule has 166 valence electrons. The van der Waals surface area contributed by atoms with E-state index in [0.29, 0.717) is 25.3 Å². The van der Waals surface area contributed by atoms with Gasteiger partial charge in [0, 0.05) is 19.5 Å². The normalized spacial score (nSPS) is 17.1. The molecule has 0 radical (unpaired) electrons. The van der Waals surface area contributed by atoms with Crippen LogP contribution in [0, 0.1) is 0 Å². The minimum atomic E-state index is -3.28. The molecule has 3 amide bonds. The largest absolute Gasteiger partial charge is 0.491 e. The lowest BCUT2D eigenvalue weighted by atomic mass is 10.0. The first kappa shape index (κ1) is 23.9. The van der Waals surface area contributed by atoms with Crippen LogP contribution in [0.5, 0.6) is 5.75 Å². The van der Waals surface area contributed by atoms with Crippen molar-refractivity contribution < 1.29 is 27.1 Å². The van der Waals surface area contributed by atoms with Gasteiger partial charge in [0.05, 0.1) is 11.5 Å². The van der Waals surface area contributed by atoms with Crippen LogP contribution >= 0.6 is 0 Å². The van der Waals surface area contributed by atoms with E-state index < -0.39 is 22.0 Å². The summed E-state index contributed by atoms with van der Waals surface area (Å²) >= 11 is 0. The third-order valence-electron chi connectivity index (χ3n) is 4.64. The van der Waals surface area contributed by atoms with Crippen molar-refractivity contribution in [2.45, 2.75) is 38.8 Å². The average molecular weight is 441 g/mol. The molecular weight excluding hydrogens is 411 g/mol. The number of benzene rings is 1. The predicted octanol–water partition coefficient (Wildman–Crippen LogP) is 2.83. The van der Waals surface area contributed by atoms with Gasteiger partial charge in [-0.2, -0.15) is 0 Å². The van der Waals surface area contributed by atoms with Gasteiger partial charge in [0.2, 0.25) is 5.91 Å². The lowest BCUT2D eigenvalue weighted by Gasteiger charge is -2.25. The molecule has 1 aromatic rings. The van der Waals surface area contributed by atoms with E-state index in [-0.39, 0.29) is 36.4 Å². The Hall–Kier alpha value is -2.42. The standard InChI is InChI=1S/C21H29FN2O5S/c1-16(18-7-6-8-19(13-18)29-14-17(2)22)15-30(27,28)12-5-3-4-10-24-11-9-20(25)23-21(24)26/h3-4,6-8,13,16-17H,5,9-12,14-15H2,1-2H3,(H,23,25,26)/b4-3+/t16-,17?/m0/s1. The van der Waals surface area contributed by atoms with Gasteiger partial charge in [0.25, 0.3) is 0 Å². The number of urea groups is 1. The first-order valence-electron chi connectivity index (χ1n) is 9.97. The predicted molar refractivity (Wildman–Crippen MR) is 113 cm³/mol. The highest BCUT2D eigenvalue weighted by molar-refractivity contribution is 7.91. The third kappa shape index (κ3) is 8.14. The summed E-state index contributed by atoms with van der Waals surface area (Å²) in [5, 5.41) is 2.24. The van der Waals surface area contributed by atoms with Crippen LogP contribution in [0.4, 0.5) is 9.18 Å². The Balaban J connectivity index is 1.79. The number of imide groups is 1. The van der Waals surface area contributed by atoms with Crippen molar-refractivity contribution in [1.29, 1.82) is 0 Å². The van der Waals surface area contributed by atoms with Crippen molar-refractivity contribution in [3.05, 3.63) is 42.0 Å². The number of rotatable bonds is 11. The summed E-state index contributed by atoms with van der Waals surface area (Å²) < 4.78 is 43.2. The summed E-state index contributed by atoms with van der Waals surface area (Å²) in [6.45, 7) is 3.89. The highest BCUT2D eigenvalue weighted by Crippen LogP contribution is 2.23. The molecule has 7 nitrogen and oxygen atoms in total. The molecule has 1 fully saturated rings. The maximum atomic E-state index is 12.9. The van der Waals surface area contributed by atoms with E-state index in [2.05, 4.69) is 5.32 Å². The number of amides is 3. The molecule has 30 heavy (non-hydrogen) atoms. The van der Waals surface area contributed by atoms with E-state index in [9.17, 15) is 22.4 Å². The molecule has 1 heterocycles. The third-order valence-corrected chi connectivity index (χ3v) is 6.51. The number of nitrogens with zero attached hydrogens (tertiary/aromatic N) is 1. The Morgan fingerprint density at radius 1 is 1.27 bits per heavy atom. The molecule has 0 saturated carbocycles. The van der Waals surface area contributed by atoms with Gasteiger partial charge in [0.15, 0.2) is 9.84 Å². The Morgan fingerprint density at radius 2 is 2.03 bits per heavy atom. The van der Waals surface area contributed by atoms with E-state index in [1.54, 1.807) is 30.4 Å². The molecule has 2 atom stereocenters. The maximum absolute atomic E-state index is 12.9. The molecule has 1 aromatic carbocycles. The average Bonchev–Trinajstić information content (AvgIpc) is 2.67. The van der Waals surface area contributed by atoms with Gasteiger partial charge in [0.1, 0.15) is 18.5 Å². The van der Waals surface area contributed by atoms with Gasteiger partial charge < -0.3 is 9.64 Å². The van der Waals surface area contributed by atoms with Gasteiger partial charge in [-0.15, -0.1) is 0 Å². The van der Waals surface area contributed by atoms with Crippen LogP contribution in [0.3, 0.4) is 0 Å². The summed E-state index contributed by atoms with van der Waals surface area (Å²) in [7, 11) is -3.28. The van der Waals surface area contributed by atoms with Crippen LogP contribution in [0.1, 0.15) is 38.2 Å². The topological polar surface area (TPSA) is 92.8 Å². The van der Waals surface area contributed by atoms with Crippen molar-refractivity contribution in [2.75, 3.05) is 31.2 Å². The molecule has 0 bridgehead atoms. The molecule has 2 rings (SSSR count). The highest BCUT2D eigenvalue weighted by Gasteiger charge is 2.21. The van der Waals surface area contributed by atoms with Crippen molar-refractivity contribution >= 4 is 21.8 Å². The number of hydrogen-bond acceptors (Lipinski definition) is 5. The molecule has 1 aliphatic rings. The van der Waals surface area contributed by atoms with Gasteiger partial charge >= 0.3 is 6.03 Å². The fourth-order valence-corrected chi connectivity index (χ4v) is 4.64. The molecule has 1 saturated heterocycles. The van der Waals surface area contributed by atoms with E-state index >= 15 is 0 Å². The number of halogens is 1. The number of ether oxygens (including phenoxy) is 1. The smallest absolute Gasteiger partial charge is 0.324 e. The van der Waals surface area contributed by atoms with Crippen molar-refractivity contribution in [1.82, 2.24) is 10.2 Å². The van der Waals surface area contributed by atoms with Crippen molar-refractivity contribution in [2.24, 2.45) is 0 Å². The van der Waals surface area contributed by atoms with Crippen molar-refractivity contribution in [3.63, 3.8) is 0 Å². The molecule has 1 N–H and O–H groups in total. The zero-order valence-corrected chi connectivity index (χ0v) is 18.2. The Morgan fingerprint density at radius 3 is 2.73 bits per heavy atom. The van der Waals surface area contributed by atoms with E-state index in [1.807, 2.05) is 13.0 Å². The van der Waals surface area contributed by atoms with Crippen LogP contribution in [-0.4, -0.2) is 62.6 Å². The second kappa shape index (κ2) is 11.1. The van der Waals surface area contributed by atoms with E-state index in [4.69, 9.17) is 4.74 Å². The summed E-state index contributed by atoms with van der Waals surface area (Å²) in [6, 6.07) is 6.64. The SMILES string of the molecule is CC(F)COc1cccc([C@@H](C)CS(=O)(=O)CC/C=C/CN2CCC(=O)NC2=O)c1. The number of nitrogens with one attached hydrogen (secondary N) is 1. The number of hydrogen-bond donors (Lipinski definition) is 1. The fourth-order valence-electron chi connectivity index (χ4n) is 3.02. The van der Waals surface area contributed by atoms with Crippen LogP contribution in [-0.2, 0) is 14.6 Å². The Bertz CT molecular complexity index is 870. The first-order chi connectivity index (χ1) is 14.2. The van der Waals surface area contributed by atoms with Gasteiger partial charge in [-0.25, -0.2) is 17.6 Å². The zero-order chi connectivity index (χ0) is 22.1. The monoisotopic (exact) mass is 440 g/mol. The van der Waals surface area contributed by atoms with E-state index in [1.165, 1.54) is 11.8 Å². The number of allylic oxidation sites excluding steroid dienone is 1. The second-order valence-electron chi connectivity index (χ2n) is 7.49. The Labute approximate surface area is 177 Å². The van der Waals surface area contributed by atoms with Crippen LogP contribution in [0.25, 0.3) is 0 Å².